The summed E-state index contributed by atoms with van der Waals surface area (Å²) in [6.45, 7) is 6.67. The lowest BCUT2D eigenvalue weighted by molar-refractivity contribution is -0.131. The summed E-state index contributed by atoms with van der Waals surface area (Å²) in [4.78, 5) is 35.7. The van der Waals surface area contributed by atoms with Crippen LogP contribution in [0.1, 0.15) is 39.3 Å². The van der Waals surface area contributed by atoms with Gasteiger partial charge in [-0.15, -0.1) is 0 Å². The van der Waals surface area contributed by atoms with Crippen molar-refractivity contribution in [1.29, 1.82) is 0 Å². The Kier molecular flexibility index (Phi) is 4.48. The minimum Gasteiger partial charge on any atom is -0.443 e. The smallest absolute Gasteiger partial charge is 0.420 e. The molecule has 0 unspecified atom stereocenters. The van der Waals surface area contributed by atoms with Gasteiger partial charge >= 0.3 is 6.09 Å². The quantitative estimate of drug-likeness (QED) is 0.616. The molecular weight excluding hydrogens is 459 g/mol. The van der Waals surface area contributed by atoms with E-state index < -0.39 is 11.7 Å². The van der Waals surface area contributed by atoms with Gasteiger partial charge in [-0.2, -0.15) is 0 Å². The number of ether oxygens (including phenoxy) is 1. The third kappa shape index (κ3) is 3.71. The summed E-state index contributed by atoms with van der Waals surface area (Å²) in [5.41, 5.74) is 2.29. The van der Waals surface area contributed by atoms with Gasteiger partial charge < -0.3 is 9.64 Å². The van der Waals surface area contributed by atoms with Crippen LogP contribution in [0.5, 0.6) is 0 Å². The molecule has 0 N–H and O–H groups in total. The molecule has 142 valence electrons. The van der Waals surface area contributed by atoms with E-state index in [9.17, 15) is 9.59 Å². The number of nitrogens with zero attached hydrogens (tertiary/aromatic N) is 4. The lowest BCUT2D eigenvalue weighted by Crippen LogP contribution is -2.30. The highest BCUT2D eigenvalue weighted by Crippen LogP contribution is 2.33. The van der Waals surface area contributed by atoms with Crippen molar-refractivity contribution in [2.75, 3.05) is 13.1 Å². The van der Waals surface area contributed by atoms with Gasteiger partial charge in [0.05, 0.1) is 15.5 Å². The van der Waals surface area contributed by atoms with Crippen LogP contribution in [0, 0.1) is 9.49 Å². The summed E-state index contributed by atoms with van der Waals surface area (Å²) in [7, 11) is 0. The molecule has 1 aliphatic heterocycles. The Bertz CT molecular complexity index is 969. The molecule has 1 fully saturated rings. The van der Waals surface area contributed by atoms with Crippen molar-refractivity contribution < 1.29 is 14.3 Å². The Balaban J connectivity index is 1.59. The lowest BCUT2D eigenvalue weighted by Gasteiger charge is -2.19. The van der Waals surface area contributed by atoms with Crippen molar-refractivity contribution >= 4 is 51.3 Å². The number of amides is 1. The first-order chi connectivity index (χ1) is 12.7. The monoisotopic (exact) mass is 480 g/mol. The standard InChI is InChI=1S/C19H21IN4O3/c1-19(2,3)27-18(26)24-10-13(20)15-16(24)21-8-14(22-15)12-6-7-23(9-12)17(25)11-4-5-11/h6,8,10-11H,4-5,7,9H2,1-3H3. The predicted molar refractivity (Wildman–Crippen MR) is 109 cm³/mol. The molecule has 7 nitrogen and oxygen atoms in total. The fraction of sp³-hybridized carbons (Fsp3) is 0.474. The van der Waals surface area contributed by atoms with Crippen LogP contribution in [0.25, 0.3) is 16.7 Å². The topological polar surface area (TPSA) is 77.3 Å². The highest BCUT2D eigenvalue weighted by molar-refractivity contribution is 14.1. The molecule has 0 radical (unpaired) electrons. The lowest BCUT2D eigenvalue weighted by atomic mass is 10.2. The van der Waals surface area contributed by atoms with Crippen molar-refractivity contribution in [1.82, 2.24) is 19.4 Å². The number of fused-ring (bicyclic) bond motifs is 1. The predicted octanol–water partition coefficient (Wildman–Crippen LogP) is 3.45. The number of rotatable bonds is 2. The third-order valence-electron chi connectivity index (χ3n) is 4.53. The third-order valence-corrected chi connectivity index (χ3v) is 5.32. The number of aromatic nitrogens is 3. The fourth-order valence-corrected chi connectivity index (χ4v) is 3.70. The first-order valence-electron chi connectivity index (χ1n) is 8.98. The van der Waals surface area contributed by atoms with Crippen LogP contribution in [0.15, 0.2) is 18.5 Å². The molecule has 1 saturated carbocycles. The van der Waals surface area contributed by atoms with Gasteiger partial charge in [0.25, 0.3) is 0 Å². The first kappa shape index (κ1) is 18.4. The Morgan fingerprint density at radius 3 is 2.70 bits per heavy atom. The van der Waals surface area contributed by atoms with Crippen molar-refractivity contribution in [3.05, 3.63) is 27.7 Å². The van der Waals surface area contributed by atoms with E-state index >= 15 is 0 Å². The molecule has 0 saturated heterocycles. The first-order valence-corrected chi connectivity index (χ1v) is 10.1. The summed E-state index contributed by atoms with van der Waals surface area (Å²) in [5.74, 6) is 0.455. The molecule has 1 amide bonds. The van der Waals surface area contributed by atoms with Crippen LogP contribution in [-0.4, -0.2) is 50.1 Å². The van der Waals surface area contributed by atoms with E-state index in [1.165, 1.54) is 4.57 Å². The van der Waals surface area contributed by atoms with Crippen LogP contribution < -0.4 is 0 Å². The van der Waals surface area contributed by atoms with Gasteiger partial charge in [0.1, 0.15) is 11.1 Å². The summed E-state index contributed by atoms with van der Waals surface area (Å²) in [6.07, 6.45) is 6.93. The van der Waals surface area contributed by atoms with Crippen LogP contribution in [-0.2, 0) is 9.53 Å². The van der Waals surface area contributed by atoms with E-state index in [1.54, 1.807) is 12.4 Å². The summed E-state index contributed by atoms with van der Waals surface area (Å²) in [5, 5.41) is 0. The Morgan fingerprint density at radius 2 is 2.04 bits per heavy atom. The second-order valence-corrected chi connectivity index (χ2v) is 9.14. The van der Waals surface area contributed by atoms with Gasteiger partial charge in [-0.05, 0) is 61.8 Å². The number of carbonyl (C=O) groups excluding carboxylic acids is 2. The minimum absolute atomic E-state index is 0.218. The second kappa shape index (κ2) is 6.57. The Labute approximate surface area is 170 Å². The minimum atomic E-state index is -0.585. The zero-order valence-corrected chi connectivity index (χ0v) is 17.7. The molecular formula is C19H21IN4O3. The molecule has 0 atom stereocenters. The maximum absolute atomic E-state index is 12.4. The van der Waals surface area contributed by atoms with Gasteiger partial charge in [-0.1, -0.05) is 6.08 Å². The van der Waals surface area contributed by atoms with Crippen molar-refractivity contribution in [2.24, 2.45) is 5.92 Å². The zero-order chi connectivity index (χ0) is 19.3. The fourth-order valence-electron chi connectivity index (χ4n) is 3.06. The van der Waals surface area contributed by atoms with Crippen LogP contribution in [0.4, 0.5) is 4.79 Å². The van der Waals surface area contributed by atoms with Gasteiger partial charge in [0, 0.05) is 25.2 Å². The van der Waals surface area contributed by atoms with Gasteiger partial charge in [-0.3, -0.25) is 4.79 Å². The van der Waals surface area contributed by atoms with Crippen molar-refractivity contribution in [3.8, 4) is 0 Å². The molecule has 8 heteroatoms. The van der Waals surface area contributed by atoms with Gasteiger partial charge in [0.2, 0.25) is 5.91 Å². The van der Waals surface area contributed by atoms with Crippen LogP contribution in [0.2, 0.25) is 0 Å². The van der Waals surface area contributed by atoms with Crippen molar-refractivity contribution in [2.45, 2.75) is 39.2 Å². The molecule has 2 aromatic heterocycles. The molecule has 3 heterocycles. The van der Waals surface area contributed by atoms with E-state index in [-0.39, 0.29) is 11.8 Å². The van der Waals surface area contributed by atoms with E-state index in [0.717, 1.165) is 27.7 Å². The molecule has 4 rings (SSSR count). The van der Waals surface area contributed by atoms with Gasteiger partial charge in [0.15, 0.2) is 5.65 Å². The molecule has 2 aliphatic rings. The van der Waals surface area contributed by atoms with Crippen LogP contribution in [0.3, 0.4) is 0 Å². The highest BCUT2D eigenvalue weighted by Gasteiger charge is 2.35. The number of hydrogen-bond acceptors (Lipinski definition) is 5. The number of halogens is 1. The van der Waals surface area contributed by atoms with Crippen molar-refractivity contribution in [3.63, 3.8) is 0 Å². The molecule has 0 aromatic carbocycles. The van der Waals surface area contributed by atoms with E-state index in [2.05, 4.69) is 27.6 Å². The summed E-state index contributed by atoms with van der Waals surface area (Å²) >= 11 is 2.15. The largest absolute Gasteiger partial charge is 0.443 e. The van der Waals surface area contributed by atoms with Crippen LogP contribution >= 0.6 is 22.6 Å². The molecule has 1 aliphatic carbocycles. The maximum Gasteiger partial charge on any atom is 0.420 e. The SMILES string of the molecule is CC(C)(C)OC(=O)n1cc(I)c2nc(C3=CCN(C(=O)C4CC4)C3)cnc21. The normalized spacial score (nSPS) is 17.3. The summed E-state index contributed by atoms with van der Waals surface area (Å²) < 4.78 is 7.66. The second-order valence-electron chi connectivity index (χ2n) is 7.98. The van der Waals surface area contributed by atoms with E-state index in [1.807, 2.05) is 31.7 Å². The average molecular weight is 480 g/mol. The molecule has 27 heavy (non-hydrogen) atoms. The number of carbonyl (C=O) groups is 2. The summed E-state index contributed by atoms with van der Waals surface area (Å²) in [6, 6.07) is 0. The Hall–Kier alpha value is -1.97. The Morgan fingerprint density at radius 1 is 1.30 bits per heavy atom. The number of hydrogen-bond donors (Lipinski definition) is 0. The highest BCUT2D eigenvalue weighted by atomic mass is 127. The molecule has 2 aromatic rings. The van der Waals surface area contributed by atoms with E-state index in [4.69, 9.17) is 9.72 Å². The maximum atomic E-state index is 12.4. The molecule has 0 bridgehead atoms. The molecule has 0 spiro atoms. The van der Waals surface area contributed by atoms with Gasteiger partial charge in [-0.25, -0.2) is 19.3 Å². The average Bonchev–Trinajstić information content (AvgIpc) is 3.23. The zero-order valence-electron chi connectivity index (χ0n) is 15.5. The van der Waals surface area contributed by atoms with E-state index in [0.29, 0.717) is 24.3 Å².